The molecule has 0 spiro atoms. The number of nitrogens with zero attached hydrogens (tertiary/aromatic N) is 2. The van der Waals surface area contributed by atoms with Crippen LogP contribution in [0.25, 0.3) is 0 Å². The van der Waals surface area contributed by atoms with E-state index in [9.17, 15) is 14.0 Å². The summed E-state index contributed by atoms with van der Waals surface area (Å²) in [7, 11) is 0. The average molecular weight is 412 g/mol. The molecular formula is C22H19ClFN3O2. The minimum Gasteiger partial charge on any atom is -0.326 e. The first-order valence-electron chi connectivity index (χ1n) is 8.90. The number of hydrogen-bond acceptors (Lipinski definition) is 3. The number of aryl methyl sites for hydroxylation is 1. The SMILES string of the molecule is CC(=O)N(c1ccc(C)cc1)c1cc(NC(=O)Cc2ccc(F)cc2Cl)ccn1. The van der Waals surface area contributed by atoms with Gasteiger partial charge in [-0.2, -0.15) is 0 Å². The minimum atomic E-state index is -0.460. The summed E-state index contributed by atoms with van der Waals surface area (Å²) in [6, 6.07) is 14.6. The molecule has 7 heteroatoms. The smallest absolute Gasteiger partial charge is 0.229 e. The number of benzene rings is 2. The highest BCUT2D eigenvalue weighted by atomic mass is 35.5. The second-order valence-electron chi connectivity index (χ2n) is 6.55. The van der Waals surface area contributed by atoms with E-state index in [4.69, 9.17) is 11.6 Å². The number of carbonyl (C=O) groups is 2. The maximum atomic E-state index is 13.2. The van der Waals surface area contributed by atoms with Crippen molar-refractivity contribution in [1.29, 1.82) is 0 Å². The number of rotatable bonds is 5. The molecule has 0 aliphatic heterocycles. The summed E-state index contributed by atoms with van der Waals surface area (Å²) in [5, 5.41) is 2.95. The summed E-state index contributed by atoms with van der Waals surface area (Å²) in [4.78, 5) is 30.3. The van der Waals surface area contributed by atoms with Crippen molar-refractivity contribution in [3.63, 3.8) is 0 Å². The zero-order chi connectivity index (χ0) is 21.0. The van der Waals surface area contributed by atoms with Crippen LogP contribution in [0.1, 0.15) is 18.1 Å². The fraction of sp³-hybridized carbons (Fsp3) is 0.136. The summed E-state index contributed by atoms with van der Waals surface area (Å²) >= 11 is 5.98. The first-order chi connectivity index (χ1) is 13.8. The Labute approximate surface area is 173 Å². The molecule has 0 aliphatic carbocycles. The topological polar surface area (TPSA) is 62.3 Å². The molecule has 5 nitrogen and oxygen atoms in total. The lowest BCUT2D eigenvalue weighted by atomic mass is 10.1. The highest BCUT2D eigenvalue weighted by Gasteiger charge is 2.16. The van der Waals surface area contributed by atoms with E-state index in [1.165, 1.54) is 36.2 Å². The molecule has 148 valence electrons. The quantitative estimate of drug-likeness (QED) is 0.639. The molecular weight excluding hydrogens is 393 g/mol. The van der Waals surface area contributed by atoms with E-state index in [2.05, 4.69) is 10.3 Å². The number of anilines is 3. The van der Waals surface area contributed by atoms with E-state index in [-0.39, 0.29) is 23.3 Å². The normalized spacial score (nSPS) is 10.5. The molecule has 1 aromatic heterocycles. The molecule has 1 heterocycles. The monoisotopic (exact) mass is 411 g/mol. The van der Waals surface area contributed by atoms with Gasteiger partial charge in [-0.05, 0) is 42.8 Å². The fourth-order valence-corrected chi connectivity index (χ4v) is 3.06. The molecule has 0 atom stereocenters. The van der Waals surface area contributed by atoms with Crippen molar-refractivity contribution in [2.75, 3.05) is 10.2 Å². The molecule has 3 rings (SSSR count). The van der Waals surface area contributed by atoms with Gasteiger partial charge in [0.2, 0.25) is 11.8 Å². The molecule has 3 aromatic rings. The van der Waals surface area contributed by atoms with E-state index in [1.54, 1.807) is 12.1 Å². The molecule has 0 bridgehead atoms. The minimum absolute atomic E-state index is 0.00878. The summed E-state index contributed by atoms with van der Waals surface area (Å²) in [5.41, 5.74) is 2.75. The average Bonchev–Trinajstić information content (AvgIpc) is 2.66. The lowest BCUT2D eigenvalue weighted by molar-refractivity contribution is -0.116. The summed E-state index contributed by atoms with van der Waals surface area (Å²) in [6.07, 6.45) is 1.51. The van der Waals surface area contributed by atoms with Gasteiger partial charge in [-0.25, -0.2) is 9.37 Å². The van der Waals surface area contributed by atoms with Crippen LogP contribution in [0.3, 0.4) is 0 Å². The van der Waals surface area contributed by atoms with Crippen LogP contribution in [0, 0.1) is 12.7 Å². The molecule has 0 fully saturated rings. The zero-order valence-electron chi connectivity index (χ0n) is 15.9. The van der Waals surface area contributed by atoms with Crippen molar-refractivity contribution < 1.29 is 14.0 Å². The van der Waals surface area contributed by atoms with Gasteiger partial charge in [0.05, 0.1) is 12.1 Å². The van der Waals surface area contributed by atoms with Crippen molar-refractivity contribution in [3.8, 4) is 0 Å². The van der Waals surface area contributed by atoms with Gasteiger partial charge in [0.15, 0.2) is 0 Å². The van der Waals surface area contributed by atoms with Crippen LogP contribution in [-0.4, -0.2) is 16.8 Å². The van der Waals surface area contributed by atoms with Gasteiger partial charge in [0, 0.05) is 29.9 Å². The molecule has 1 N–H and O–H groups in total. The number of nitrogens with one attached hydrogen (secondary N) is 1. The Hall–Kier alpha value is -3.25. The Bertz CT molecular complexity index is 1050. The Morgan fingerprint density at radius 2 is 1.83 bits per heavy atom. The van der Waals surface area contributed by atoms with Gasteiger partial charge < -0.3 is 5.32 Å². The predicted molar refractivity (Wildman–Crippen MR) is 112 cm³/mol. The fourth-order valence-electron chi connectivity index (χ4n) is 2.83. The largest absolute Gasteiger partial charge is 0.326 e. The van der Waals surface area contributed by atoms with Gasteiger partial charge >= 0.3 is 0 Å². The van der Waals surface area contributed by atoms with E-state index in [1.807, 2.05) is 31.2 Å². The molecule has 0 unspecified atom stereocenters. The third kappa shape index (κ3) is 5.18. The van der Waals surface area contributed by atoms with Gasteiger partial charge in [0.25, 0.3) is 0 Å². The Kier molecular flexibility index (Phi) is 6.24. The number of amides is 2. The standard InChI is InChI=1S/C22H19ClFN3O2/c1-14-3-7-19(8-4-14)27(15(2)28)21-13-18(9-10-25-21)26-22(29)11-16-5-6-17(24)12-20(16)23/h3-10,12-13H,11H2,1-2H3,(H,25,26,29). The van der Waals surface area contributed by atoms with Crippen LogP contribution >= 0.6 is 11.6 Å². The van der Waals surface area contributed by atoms with Crippen molar-refractivity contribution >= 4 is 40.6 Å². The van der Waals surface area contributed by atoms with Gasteiger partial charge in [-0.1, -0.05) is 35.4 Å². The van der Waals surface area contributed by atoms with Crippen LogP contribution < -0.4 is 10.2 Å². The molecule has 2 aromatic carbocycles. The number of carbonyl (C=O) groups excluding carboxylic acids is 2. The Morgan fingerprint density at radius 3 is 2.48 bits per heavy atom. The molecule has 0 saturated heterocycles. The maximum absolute atomic E-state index is 13.2. The van der Waals surface area contributed by atoms with Crippen LogP contribution in [0.2, 0.25) is 5.02 Å². The number of hydrogen-bond donors (Lipinski definition) is 1. The predicted octanol–water partition coefficient (Wildman–Crippen LogP) is 5.05. The van der Waals surface area contributed by atoms with Gasteiger partial charge in [0.1, 0.15) is 11.6 Å². The number of pyridine rings is 1. The van der Waals surface area contributed by atoms with E-state index in [0.29, 0.717) is 22.8 Å². The highest BCUT2D eigenvalue weighted by molar-refractivity contribution is 6.31. The van der Waals surface area contributed by atoms with E-state index >= 15 is 0 Å². The van der Waals surface area contributed by atoms with Crippen LogP contribution in [0.15, 0.2) is 60.8 Å². The Morgan fingerprint density at radius 1 is 1.10 bits per heavy atom. The summed E-state index contributed by atoms with van der Waals surface area (Å²) in [5.74, 6) is -0.597. The highest BCUT2D eigenvalue weighted by Crippen LogP contribution is 2.26. The van der Waals surface area contributed by atoms with Crippen LogP contribution in [-0.2, 0) is 16.0 Å². The van der Waals surface area contributed by atoms with Crippen molar-refractivity contribution in [1.82, 2.24) is 4.98 Å². The molecule has 2 amide bonds. The molecule has 0 radical (unpaired) electrons. The lowest BCUT2D eigenvalue weighted by Crippen LogP contribution is -2.24. The summed E-state index contributed by atoms with van der Waals surface area (Å²) < 4.78 is 13.2. The molecule has 0 saturated carbocycles. The third-order valence-corrected chi connectivity index (χ3v) is 4.58. The van der Waals surface area contributed by atoms with E-state index < -0.39 is 5.82 Å². The number of aromatic nitrogens is 1. The van der Waals surface area contributed by atoms with Crippen LogP contribution in [0.4, 0.5) is 21.6 Å². The van der Waals surface area contributed by atoms with Gasteiger partial charge in [-0.15, -0.1) is 0 Å². The maximum Gasteiger partial charge on any atom is 0.229 e. The zero-order valence-corrected chi connectivity index (χ0v) is 16.7. The van der Waals surface area contributed by atoms with Gasteiger partial charge in [-0.3, -0.25) is 14.5 Å². The first kappa shape index (κ1) is 20.5. The lowest BCUT2D eigenvalue weighted by Gasteiger charge is -2.21. The summed E-state index contributed by atoms with van der Waals surface area (Å²) in [6.45, 7) is 3.41. The molecule has 29 heavy (non-hydrogen) atoms. The van der Waals surface area contributed by atoms with Crippen molar-refractivity contribution in [2.45, 2.75) is 20.3 Å². The second-order valence-corrected chi connectivity index (χ2v) is 6.96. The second kappa shape index (κ2) is 8.84. The van der Waals surface area contributed by atoms with Crippen molar-refractivity contribution in [3.05, 3.63) is 82.8 Å². The Balaban J connectivity index is 1.79. The van der Waals surface area contributed by atoms with Crippen LogP contribution in [0.5, 0.6) is 0 Å². The number of halogens is 2. The van der Waals surface area contributed by atoms with E-state index in [0.717, 1.165) is 5.56 Å². The third-order valence-electron chi connectivity index (χ3n) is 4.23. The van der Waals surface area contributed by atoms with Crippen molar-refractivity contribution in [2.24, 2.45) is 0 Å². The molecule has 0 aliphatic rings. The first-order valence-corrected chi connectivity index (χ1v) is 9.28.